The van der Waals surface area contributed by atoms with E-state index in [-0.39, 0.29) is 5.56 Å². The summed E-state index contributed by atoms with van der Waals surface area (Å²) in [4.78, 5) is 21.9. The van der Waals surface area contributed by atoms with Crippen LogP contribution in [0.2, 0.25) is 0 Å². The zero-order valence-electron chi connectivity index (χ0n) is 15.7. The number of rotatable bonds is 2. The Balaban J connectivity index is 0.000000170. The predicted molar refractivity (Wildman–Crippen MR) is 100 cm³/mol. The van der Waals surface area contributed by atoms with Gasteiger partial charge in [0.15, 0.2) is 0 Å². The Bertz CT molecular complexity index is 811. The van der Waals surface area contributed by atoms with Gasteiger partial charge in [0.2, 0.25) is 0 Å². The van der Waals surface area contributed by atoms with E-state index in [2.05, 4.69) is 20.2 Å². The Morgan fingerprint density at radius 1 is 1.14 bits per heavy atom. The molecule has 2 aromatic rings. The molecule has 2 N–H and O–H groups in total. The second-order valence-electron chi connectivity index (χ2n) is 6.47. The molecule has 1 saturated heterocycles. The van der Waals surface area contributed by atoms with Crippen LogP contribution in [0.1, 0.15) is 21.6 Å². The first-order valence-corrected chi connectivity index (χ1v) is 9.24. The number of carbonyl (C=O) groups excluding carboxylic acids is 1. The Labute approximate surface area is 166 Å². The molecule has 1 aromatic carbocycles. The molecule has 0 spiro atoms. The summed E-state index contributed by atoms with van der Waals surface area (Å²) in [6.07, 6.45) is -1.98. The monoisotopic (exact) mass is 409 g/mol. The van der Waals surface area contributed by atoms with Gasteiger partial charge in [0, 0.05) is 43.7 Å². The number of halogens is 3. The van der Waals surface area contributed by atoms with E-state index in [4.69, 9.17) is 4.74 Å². The van der Waals surface area contributed by atoms with Gasteiger partial charge in [0.05, 0.1) is 18.9 Å². The molecular weight excluding hydrogens is 387 g/mol. The van der Waals surface area contributed by atoms with Gasteiger partial charge in [-0.2, -0.15) is 13.2 Å². The number of benzene rings is 1. The van der Waals surface area contributed by atoms with Crippen molar-refractivity contribution in [3.63, 3.8) is 0 Å². The van der Waals surface area contributed by atoms with Crippen molar-refractivity contribution in [1.29, 1.82) is 0 Å². The number of carbonyl (C=O) groups is 1. The van der Waals surface area contributed by atoms with Gasteiger partial charge in [-0.3, -0.25) is 10.1 Å². The van der Waals surface area contributed by atoms with Crippen molar-refractivity contribution in [3.05, 3.63) is 53.5 Å². The van der Waals surface area contributed by atoms with Crippen LogP contribution in [-0.4, -0.2) is 55.0 Å². The molecule has 0 atom stereocenters. The highest BCUT2D eigenvalue weighted by molar-refractivity contribution is 5.94. The van der Waals surface area contributed by atoms with Gasteiger partial charge in [-0.05, 0) is 12.1 Å². The predicted octanol–water partition coefficient (Wildman–Crippen LogP) is 1.90. The van der Waals surface area contributed by atoms with Crippen molar-refractivity contribution in [1.82, 2.24) is 20.6 Å². The number of amides is 1. The van der Waals surface area contributed by atoms with Crippen LogP contribution in [0.5, 0.6) is 0 Å². The topological polar surface area (TPSA) is 79.4 Å². The summed E-state index contributed by atoms with van der Waals surface area (Å²) in [5, 5.41) is 4.28. The Morgan fingerprint density at radius 2 is 1.86 bits per heavy atom. The van der Waals surface area contributed by atoms with Crippen LogP contribution in [0, 0.1) is 0 Å². The number of aromatic nitrogens is 2. The Kier molecular flexibility index (Phi) is 6.99. The number of nitrogens with one attached hydrogen (secondary N) is 2. The average Bonchev–Trinajstić information content (AvgIpc) is 2.74. The van der Waals surface area contributed by atoms with Gasteiger partial charge in [-0.1, -0.05) is 18.2 Å². The molecule has 10 heteroatoms. The minimum atomic E-state index is -4.67. The van der Waals surface area contributed by atoms with E-state index in [0.717, 1.165) is 56.9 Å². The molecule has 0 bridgehead atoms. The highest BCUT2D eigenvalue weighted by Crippen LogP contribution is 2.22. The third-order valence-electron chi connectivity index (χ3n) is 4.45. The molecule has 29 heavy (non-hydrogen) atoms. The Morgan fingerprint density at radius 3 is 2.55 bits per heavy atom. The van der Waals surface area contributed by atoms with Crippen LogP contribution in [0.25, 0.3) is 0 Å². The molecule has 0 radical (unpaired) electrons. The lowest BCUT2D eigenvalue weighted by Crippen LogP contribution is -2.38. The molecule has 2 aliphatic rings. The van der Waals surface area contributed by atoms with Crippen LogP contribution in [0.15, 0.2) is 36.7 Å². The third-order valence-corrected chi connectivity index (χ3v) is 4.45. The number of hydrogen-bond donors (Lipinski definition) is 2. The number of ether oxygens (including phenoxy) is 1. The number of fused-ring (bicyclic) bond motifs is 1. The van der Waals surface area contributed by atoms with Crippen molar-refractivity contribution in [3.8, 4) is 0 Å². The van der Waals surface area contributed by atoms with E-state index >= 15 is 0 Å². The summed E-state index contributed by atoms with van der Waals surface area (Å²) in [5.41, 5.74) is 2.46. The molecule has 2 aliphatic heterocycles. The van der Waals surface area contributed by atoms with Gasteiger partial charge in [-0.25, -0.2) is 9.97 Å². The summed E-state index contributed by atoms with van der Waals surface area (Å²) in [6.45, 7) is 5.38. The van der Waals surface area contributed by atoms with E-state index in [9.17, 15) is 18.0 Å². The van der Waals surface area contributed by atoms with Crippen LogP contribution >= 0.6 is 0 Å². The quantitative estimate of drug-likeness (QED) is 0.738. The highest BCUT2D eigenvalue weighted by Gasteiger charge is 2.30. The Hall–Kier alpha value is -2.72. The first-order valence-electron chi connectivity index (χ1n) is 9.24. The molecule has 3 heterocycles. The molecule has 1 aromatic heterocycles. The molecule has 156 valence electrons. The first kappa shape index (κ1) is 21.0. The fourth-order valence-electron chi connectivity index (χ4n) is 3.09. The molecule has 1 amide bonds. The maximum Gasteiger partial charge on any atom is 0.484 e. The van der Waals surface area contributed by atoms with E-state index in [1.807, 2.05) is 0 Å². The maximum atomic E-state index is 11.7. The van der Waals surface area contributed by atoms with Gasteiger partial charge in [0.1, 0.15) is 12.1 Å². The third kappa shape index (κ3) is 6.13. The smallest absolute Gasteiger partial charge is 0.378 e. The minimum Gasteiger partial charge on any atom is -0.378 e. The van der Waals surface area contributed by atoms with E-state index in [1.54, 1.807) is 12.4 Å². The lowest BCUT2D eigenvalue weighted by atomic mass is 10.1. The fourth-order valence-corrected chi connectivity index (χ4v) is 3.09. The molecule has 0 saturated carbocycles. The van der Waals surface area contributed by atoms with Crippen LogP contribution < -0.4 is 15.5 Å². The van der Waals surface area contributed by atoms with Crippen molar-refractivity contribution in [2.75, 3.05) is 37.7 Å². The van der Waals surface area contributed by atoms with Gasteiger partial charge in [-0.15, -0.1) is 0 Å². The van der Waals surface area contributed by atoms with Gasteiger partial charge >= 0.3 is 6.30 Å². The number of anilines is 1. The summed E-state index contributed by atoms with van der Waals surface area (Å²) in [5.74, 6) is -0.0476. The van der Waals surface area contributed by atoms with Crippen molar-refractivity contribution >= 4 is 11.7 Å². The molecule has 0 aliphatic carbocycles. The van der Waals surface area contributed by atoms with Gasteiger partial charge < -0.3 is 15.0 Å². The standard InChI is InChI=1S/C11H16N4O.C8H6F3NO/c1-2-12-7-9-10(1)13-8-14-11(9)15-3-5-16-6-4-15;9-8(10,11)12-7(13)6-4-2-1-3-5-6/h8,12H,1-7H2;1-5H,(H,12,13). The second kappa shape index (κ2) is 9.66. The summed E-state index contributed by atoms with van der Waals surface area (Å²) in [7, 11) is 0. The zero-order chi connectivity index (χ0) is 20.7. The molecule has 7 nitrogen and oxygen atoms in total. The van der Waals surface area contributed by atoms with Gasteiger partial charge in [0.25, 0.3) is 5.91 Å². The lowest BCUT2D eigenvalue weighted by Gasteiger charge is -2.31. The molecular formula is C19H22F3N5O2. The zero-order valence-corrected chi connectivity index (χ0v) is 15.7. The molecule has 1 fully saturated rings. The minimum absolute atomic E-state index is 0.0141. The second-order valence-corrected chi connectivity index (χ2v) is 6.47. The number of nitrogens with zero attached hydrogens (tertiary/aromatic N) is 3. The summed E-state index contributed by atoms with van der Waals surface area (Å²) >= 11 is 0. The summed E-state index contributed by atoms with van der Waals surface area (Å²) in [6, 6.07) is 7.21. The number of alkyl halides is 3. The molecule has 4 rings (SSSR count). The number of morpholine rings is 1. The lowest BCUT2D eigenvalue weighted by molar-refractivity contribution is -0.146. The molecule has 0 unspecified atom stereocenters. The van der Waals surface area contributed by atoms with E-state index in [0.29, 0.717) is 0 Å². The van der Waals surface area contributed by atoms with Crippen LogP contribution in [0.3, 0.4) is 0 Å². The maximum absolute atomic E-state index is 11.7. The first-order chi connectivity index (χ1) is 13.9. The van der Waals surface area contributed by atoms with E-state index in [1.165, 1.54) is 35.5 Å². The van der Waals surface area contributed by atoms with Crippen molar-refractivity contribution < 1.29 is 22.7 Å². The van der Waals surface area contributed by atoms with Crippen molar-refractivity contribution in [2.24, 2.45) is 0 Å². The number of hydrogen-bond acceptors (Lipinski definition) is 6. The highest BCUT2D eigenvalue weighted by atomic mass is 19.4. The van der Waals surface area contributed by atoms with Crippen LogP contribution in [-0.2, 0) is 17.7 Å². The summed E-state index contributed by atoms with van der Waals surface area (Å²) < 4.78 is 40.3. The fraction of sp³-hybridized carbons (Fsp3) is 0.421. The largest absolute Gasteiger partial charge is 0.484 e. The van der Waals surface area contributed by atoms with Crippen molar-refractivity contribution in [2.45, 2.75) is 19.3 Å². The SMILES string of the molecule is O=C(NC(F)(F)F)c1ccccc1.c1nc2c(c(N3CCOCC3)n1)CNCC2. The average molecular weight is 409 g/mol. The van der Waals surface area contributed by atoms with E-state index < -0.39 is 12.2 Å². The normalized spacial score (nSPS) is 16.3. The van der Waals surface area contributed by atoms with Crippen LogP contribution in [0.4, 0.5) is 19.0 Å².